The van der Waals surface area contributed by atoms with E-state index in [4.69, 9.17) is 10.4 Å². The third-order valence-corrected chi connectivity index (χ3v) is 4.92. The maximum absolute atomic E-state index is 10.8. The summed E-state index contributed by atoms with van der Waals surface area (Å²) in [4.78, 5) is 15.0. The van der Waals surface area contributed by atoms with E-state index in [1.54, 1.807) is 10.6 Å². The first-order chi connectivity index (χ1) is 16.1. The highest BCUT2D eigenvalue weighted by Crippen LogP contribution is 2.22. The maximum Gasteiger partial charge on any atom is 0.411 e. The molecule has 0 radical (unpaired) electrons. The number of amides is 1. The summed E-state index contributed by atoms with van der Waals surface area (Å²) in [7, 11) is 0. The van der Waals surface area contributed by atoms with Gasteiger partial charge in [-0.05, 0) is 35.4 Å². The molecule has 1 aliphatic rings. The fourth-order valence-electron chi connectivity index (χ4n) is 3.10. The first-order valence-corrected chi connectivity index (χ1v) is 10.8. The van der Waals surface area contributed by atoms with Crippen molar-refractivity contribution in [2.45, 2.75) is 32.2 Å². The van der Waals surface area contributed by atoms with Gasteiger partial charge in [0.25, 0.3) is 5.95 Å². The van der Waals surface area contributed by atoms with Gasteiger partial charge in [0, 0.05) is 17.8 Å². The van der Waals surface area contributed by atoms with Crippen LogP contribution in [0.3, 0.4) is 0 Å². The van der Waals surface area contributed by atoms with E-state index in [9.17, 15) is 4.79 Å². The van der Waals surface area contributed by atoms with Gasteiger partial charge >= 0.3 is 6.09 Å². The van der Waals surface area contributed by atoms with Crippen molar-refractivity contribution in [3.05, 3.63) is 77.9 Å². The van der Waals surface area contributed by atoms with Crippen LogP contribution in [-0.2, 0) is 13.0 Å². The molecule has 5 rings (SSSR count). The number of nitriles is 1. The lowest BCUT2D eigenvalue weighted by molar-refractivity contribution is 0.209. The fourth-order valence-corrected chi connectivity index (χ4v) is 3.10. The summed E-state index contributed by atoms with van der Waals surface area (Å²) in [5.41, 5.74) is 5.41. The largest absolute Gasteiger partial charge is 0.465 e. The number of carbonyl (C=O) groups is 1. The monoisotopic (exact) mass is 440 g/mol. The Kier molecular flexibility index (Phi) is 6.81. The van der Waals surface area contributed by atoms with Gasteiger partial charge in [-0.25, -0.2) is 9.31 Å². The summed E-state index contributed by atoms with van der Waals surface area (Å²) in [5, 5.41) is 27.4. The van der Waals surface area contributed by atoms with Crippen molar-refractivity contribution in [2.75, 3.05) is 10.6 Å². The maximum atomic E-state index is 10.8. The van der Waals surface area contributed by atoms with Gasteiger partial charge in [0.1, 0.15) is 0 Å². The van der Waals surface area contributed by atoms with Crippen molar-refractivity contribution < 1.29 is 9.90 Å². The number of hydrogen-bond donors (Lipinski definition) is 3. The number of rotatable bonds is 6. The molecule has 166 valence electrons. The Morgan fingerprint density at radius 3 is 2.33 bits per heavy atom. The van der Waals surface area contributed by atoms with Crippen molar-refractivity contribution in [1.29, 1.82) is 5.26 Å². The predicted octanol–water partition coefficient (Wildman–Crippen LogP) is 5.33. The minimum Gasteiger partial charge on any atom is -0.465 e. The van der Waals surface area contributed by atoms with Gasteiger partial charge < -0.3 is 10.4 Å². The van der Waals surface area contributed by atoms with Crippen molar-refractivity contribution in [3.8, 4) is 17.3 Å². The number of carboxylic acid groups (broad SMARTS) is 1. The number of nitrogens with one attached hydrogen (secondary N) is 2. The molecule has 0 spiro atoms. The smallest absolute Gasteiger partial charge is 0.411 e. The summed E-state index contributed by atoms with van der Waals surface area (Å²) in [5.74, 6) is 0.0385. The Bertz CT molecular complexity index is 1270. The second kappa shape index (κ2) is 10.3. The van der Waals surface area contributed by atoms with Crippen LogP contribution in [0.4, 0.5) is 16.4 Å². The SMILES string of the molecule is C1CC1.N#CCc1ccc(NCc2ccc(-c3cccc4nc(NC(=O)O)nn34)cc2)cc1. The van der Waals surface area contributed by atoms with E-state index in [-0.39, 0.29) is 5.95 Å². The zero-order chi connectivity index (χ0) is 23.0. The number of anilines is 2. The molecule has 3 N–H and O–H groups in total. The van der Waals surface area contributed by atoms with Gasteiger partial charge in [-0.1, -0.05) is 61.7 Å². The molecule has 2 heterocycles. The van der Waals surface area contributed by atoms with E-state index < -0.39 is 6.09 Å². The normalized spacial score (nSPS) is 11.7. The van der Waals surface area contributed by atoms with E-state index in [0.717, 1.165) is 28.1 Å². The van der Waals surface area contributed by atoms with Crippen LogP contribution in [0.2, 0.25) is 0 Å². The van der Waals surface area contributed by atoms with Gasteiger partial charge in [0.05, 0.1) is 18.2 Å². The second-order valence-corrected chi connectivity index (χ2v) is 7.69. The highest BCUT2D eigenvalue weighted by Gasteiger charge is 2.10. The van der Waals surface area contributed by atoms with Gasteiger partial charge in [0.15, 0.2) is 5.65 Å². The van der Waals surface area contributed by atoms with Crippen LogP contribution in [0.25, 0.3) is 16.9 Å². The summed E-state index contributed by atoms with van der Waals surface area (Å²) in [6.45, 7) is 0.665. The van der Waals surface area contributed by atoms with Gasteiger partial charge in [0.2, 0.25) is 0 Å². The zero-order valence-corrected chi connectivity index (χ0v) is 18.0. The van der Waals surface area contributed by atoms with E-state index in [1.807, 2.05) is 60.7 Å². The Morgan fingerprint density at radius 2 is 1.70 bits per heavy atom. The Hall–Kier alpha value is -4.38. The topological polar surface area (TPSA) is 115 Å². The highest BCUT2D eigenvalue weighted by atomic mass is 16.4. The fraction of sp³-hybridized carbons (Fsp3) is 0.200. The lowest BCUT2D eigenvalue weighted by atomic mass is 10.1. The van der Waals surface area contributed by atoms with Gasteiger partial charge in [-0.15, -0.1) is 5.10 Å². The van der Waals surface area contributed by atoms with E-state index in [1.165, 1.54) is 19.3 Å². The molecule has 0 atom stereocenters. The lowest BCUT2D eigenvalue weighted by Gasteiger charge is -2.09. The van der Waals surface area contributed by atoms with Crippen LogP contribution < -0.4 is 10.6 Å². The Balaban J connectivity index is 0.000000799. The average molecular weight is 441 g/mol. The molecule has 8 nitrogen and oxygen atoms in total. The zero-order valence-electron chi connectivity index (χ0n) is 18.0. The van der Waals surface area contributed by atoms with Gasteiger partial charge in [-0.3, -0.25) is 5.32 Å². The molecule has 33 heavy (non-hydrogen) atoms. The molecule has 0 bridgehead atoms. The van der Waals surface area contributed by atoms with E-state index >= 15 is 0 Å². The molecule has 0 saturated heterocycles. The Labute approximate surface area is 191 Å². The molecule has 0 unspecified atom stereocenters. The third kappa shape index (κ3) is 6.08. The number of hydrogen-bond acceptors (Lipinski definition) is 5. The molecule has 1 fully saturated rings. The van der Waals surface area contributed by atoms with Crippen LogP contribution in [0, 0.1) is 11.3 Å². The second-order valence-electron chi connectivity index (χ2n) is 7.69. The molecule has 1 saturated carbocycles. The Morgan fingerprint density at radius 1 is 1.00 bits per heavy atom. The van der Waals surface area contributed by atoms with Crippen LogP contribution >= 0.6 is 0 Å². The number of benzene rings is 2. The quantitative estimate of drug-likeness (QED) is 0.373. The van der Waals surface area contributed by atoms with Crippen LogP contribution in [-0.4, -0.2) is 25.8 Å². The number of pyridine rings is 1. The molecule has 4 aromatic rings. The average Bonchev–Trinajstić information content (AvgIpc) is 3.65. The number of nitrogens with zero attached hydrogens (tertiary/aromatic N) is 4. The number of aromatic nitrogens is 3. The molecule has 0 aliphatic heterocycles. The predicted molar refractivity (Wildman–Crippen MR) is 127 cm³/mol. The summed E-state index contributed by atoms with van der Waals surface area (Å²) in [6, 6.07) is 23.5. The number of fused-ring (bicyclic) bond motifs is 1. The first kappa shape index (κ1) is 21.8. The van der Waals surface area contributed by atoms with Crippen LogP contribution in [0.1, 0.15) is 30.4 Å². The minimum absolute atomic E-state index is 0.0385. The third-order valence-electron chi connectivity index (χ3n) is 4.92. The van der Waals surface area contributed by atoms with Crippen molar-refractivity contribution in [1.82, 2.24) is 14.6 Å². The van der Waals surface area contributed by atoms with Crippen molar-refractivity contribution >= 4 is 23.4 Å². The molecule has 2 aromatic heterocycles. The standard InChI is InChI=1S/C22H18N6O2.C3H6/c23-13-12-15-6-10-18(11-7-15)24-14-16-4-8-17(9-5-16)19-2-1-3-20-25-21(26-22(29)30)27-28(19)20;1-2-3-1/h1-11,24H,12,14H2,(H,26,27)(H,29,30);1-3H2. The summed E-state index contributed by atoms with van der Waals surface area (Å²) >= 11 is 0. The molecule has 1 amide bonds. The molecule has 1 aliphatic carbocycles. The van der Waals surface area contributed by atoms with E-state index in [0.29, 0.717) is 18.6 Å². The van der Waals surface area contributed by atoms with Crippen molar-refractivity contribution in [2.24, 2.45) is 0 Å². The molecule has 2 aromatic carbocycles. The first-order valence-electron chi connectivity index (χ1n) is 10.8. The van der Waals surface area contributed by atoms with Gasteiger partial charge in [-0.2, -0.15) is 10.2 Å². The molecular weight excluding hydrogens is 416 g/mol. The highest BCUT2D eigenvalue weighted by molar-refractivity contribution is 5.80. The van der Waals surface area contributed by atoms with Crippen LogP contribution in [0.15, 0.2) is 66.7 Å². The van der Waals surface area contributed by atoms with Crippen LogP contribution in [0.5, 0.6) is 0 Å². The molecule has 8 heteroatoms. The summed E-state index contributed by atoms with van der Waals surface area (Å²) < 4.78 is 1.61. The molecular formula is C25H24N6O2. The minimum atomic E-state index is -1.20. The summed E-state index contributed by atoms with van der Waals surface area (Å²) in [6.07, 6.45) is 3.71. The van der Waals surface area contributed by atoms with Crippen molar-refractivity contribution in [3.63, 3.8) is 0 Å². The van der Waals surface area contributed by atoms with E-state index in [2.05, 4.69) is 26.8 Å². The lowest BCUT2D eigenvalue weighted by Crippen LogP contribution is -2.08.